The molecule has 0 fully saturated rings. The number of carboxylic acid groups (broad SMARTS) is 1. The van der Waals surface area contributed by atoms with Crippen LogP contribution in [-0.2, 0) is 0 Å². The average molecular weight is 250 g/mol. The number of carboxylic acids is 1. The molecule has 0 aliphatic carbocycles. The van der Waals surface area contributed by atoms with E-state index in [2.05, 4.69) is 6.92 Å². The van der Waals surface area contributed by atoms with Crippen molar-refractivity contribution in [3.63, 3.8) is 0 Å². The van der Waals surface area contributed by atoms with Crippen molar-refractivity contribution in [2.45, 2.75) is 52.1 Å². The van der Waals surface area contributed by atoms with E-state index in [-0.39, 0.29) is 11.7 Å². The second-order valence-corrected chi connectivity index (χ2v) is 4.61. The predicted octanol–water partition coefficient (Wildman–Crippen LogP) is 4.12. The van der Waals surface area contributed by atoms with Crippen LogP contribution in [0.2, 0.25) is 0 Å². The third-order valence-corrected chi connectivity index (χ3v) is 2.88. The molecular weight excluding hydrogens is 228 g/mol. The summed E-state index contributed by atoms with van der Waals surface area (Å²) in [6.45, 7) is 4.22. The van der Waals surface area contributed by atoms with Crippen LogP contribution < -0.4 is 4.74 Å². The summed E-state index contributed by atoms with van der Waals surface area (Å²) in [5.41, 5.74) is 0.269. The lowest BCUT2D eigenvalue weighted by atomic mass is 10.1. The molecule has 0 heterocycles. The Balaban J connectivity index is 2.41. The van der Waals surface area contributed by atoms with Gasteiger partial charge < -0.3 is 9.84 Å². The third-order valence-electron chi connectivity index (χ3n) is 2.88. The number of benzene rings is 1. The number of hydrogen-bond acceptors (Lipinski definition) is 2. The van der Waals surface area contributed by atoms with Gasteiger partial charge in [-0.05, 0) is 38.0 Å². The van der Waals surface area contributed by atoms with E-state index < -0.39 is 5.97 Å². The van der Waals surface area contributed by atoms with Crippen LogP contribution in [0.15, 0.2) is 24.3 Å². The highest BCUT2D eigenvalue weighted by Crippen LogP contribution is 2.17. The molecule has 0 saturated heterocycles. The van der Waals surface area contributed by atoms with Crippen LogP contribution in [0.1, 0.15) is 56.3 Å². The number of hydrogen-bond donors (Lipinski definition) is 1. The number of aromatic carboxylic acids is 1. The number of carbonyl (C=O) groups is 1. The Kier molecular flexibility index (Phi) is 6.26. The lowest BCUT2D eigenvalue weighted by Crippen LogP contribution is -2.11. The van der Waals surface area contributed by atoms with Gasteiger partial charge in [0.25, 0.3) is 0 Å². The molecule has 3 nitrogen and oxygen atoms in total. The van der Waals surface area contributed by atoms with E-state index in [1.54, 1.807) is 24.3 Å². The van der Waals surface area contributed by atoms with Crippen molar-refractivity contribution in [3.05, 3.63) is 29.8 Å². The topological polar surface area (TPSA) is 46.5 Å². The molecule has 18 heavy (non-hydrogen) atoms. The van der Waals surface area contributed by atoms with E-state index >= 15 is 0 Å². The zero-order chi connectivity index (χ0) is 13.4. The minimum Gasteiger partial charge on any atom is -0.491 e. The maximum atomic E-state index is 10.8. The SMILES string of the molecule is CCCCCCC(C)Oc1cccc(C(=O)O)c1. The molecule has 0 bridgehead atoms. The van der Waals surface area contributed by atoms with Crippen molar-refractivity contribution < 1.29 is 14.6 Å². The van der Waals surface area contributed by atoms with Gasteiger partial charge in [-0.25, -0.2) is 4.79 Å². The second-order valence-electron chi connectivity index (χ2n) is 4.61. The summed E-state index contributed by atoms with van der Waals surface area (Å²) in [4.78, 5) is 10.8. The fraction of sp³-hybridized carbons (Fsp3) is 0.533. The summed E-state index contributed by atoms with van der Waals surface area (Å²) in [6, 6.07) is 6.66. The minimum absolute atomic E-state index is 0.130. The highest BCUT2D eigenvalue weighted by atomic mass is 16.5. The van der Waals surface area contributed by atoms with Crippen molar-refractivity contribution in [2.75, 3.05) is 0 Å². The van der Waals surface area contributed by atoms with Crippen LogP contribution in [0.4, 0.5) is 0 Å². The van der Waals surface area contributed by atoms with E-state index in [0.717, 1.165) is 12.8 Å². The molecule has 1 aromatic carbocycles. The first kappa shape index (κ1) is 14.6. The van der Waals surface area contributed by atoms with Gasteiger partial charge in [0.2, 0.25) is 0 Å². The molecule has 0 radical (unpaired) electrons. The molecule has 1 N–H and O–H groups in total. The minimum atomic E-state index is -0.920. The number of rotatable bonds is 8. The molecular formula is C15H22O3. The van der Waals surface area contributed by atoms with Gasteiger partial charge in [0.15, 0.2) is 0 Å². The van der Waals surface area contributed by atoms with Gasteiger partial charge >= 0.3 is 5.97 Å². The fourth-order valence-electron chi connectivity index (χ4n) is 1.85. The largest absolute Gasteiger partial charge is 0.491 e. The monoisotopic (exact) mass is 250 g/mol. The van der Waals surface area contributed by atoms with Crippen molar-refractivity contribution in [1.82, 2.24) is 0 Å². The Morgan fingerprint density at radius 3 is 2.78 bits per heavy atom. The van der Waals surface area contributed by atoms with Gasteiger partial charge in [-0.2, -0.15) is 0 Å². The molecule has 1 rings (SSSR count). The van der Waals surface area contributed by atoms with Gasteiger partial charge in [0.05, 0.1) is 11.7 Å². The Hall–Kier alpha value is -1.51. The second kappa shape index (κ2) is 7.75. The first-order valence-electron chi connectivity index (χ1n) is 6.63. The van der Waals surface area contributed by atoms with Crippen LogP contribution in [0.3, 0.4) is 0 Å². The van der Waals surface area contributed by atoms with Gasteiger partial charge in [0.1, 0.15) is 5.75 Å². The van der Waals surface area contributed by atoms with Crippen LogP contribution in [0, 0.1) is 0 Å². The van der Waals surface area contributed by atoms with E-state index in [9.17, 15) is 4.79 Å². The number of unbranched alkanes of at least 4 members (excludes halogenated alkanes) is 3. The smallest absolute Gasteiger partial charge is 0.335 e. The highest BCUT2D eigenvalue weighted by Gasteiger charge is 2.07. The molecule has 100 valence electrons. The third kappa shape index (κ3) is 5.21. The van der Waals surface area contributed by atoms with E-state index in [1.807, 2.05) is 6.92 Å². The molecule has 0 aromatic heterocycles. The lowest BCUT2D eigenvalue weighted by Gasteiger charge is -2.14. The molecule has 0 aliphatic rings. The Labute approximate surface area is 109 Å². The Bertz CT molecular complexity index is 374. The van der Waals surface area contributed by atoms with Crippen molar-refractivity contribution in [1.29, 1.82) is 0 Å². The van der Waals surface area contributed by atoms with Crippen LogP contribution in [0.25, 0.3) is 0 Å². The molecule has 1 aromatic rings. The molecule has 0 amide bonds. The summed E-state index contributed by atoms with van der Waals surface area (Å²) in [6.07, 6.45) is 6.03. The maximum Gasteiger partial charge on any atom is 0.335 e. The van der Waals surface area contributed by atoms with Crippen molar-refractivity contribution >= 4 is 5.97 Å². The standard InChI is InChI=1S/C15H22O3/c1-3-4-5-6-8-12(2)18-14-10-7-9-13(11-14)15(16)17/h7,9-12H,3-6,8H2,1-2H3,(H,16,17). The quantitative estimate of drug-likeness (QED) is 0.706. The molecule has 1 unspecified atom stereocenters. The lowest BCUT2D eigenvalue weighted by molar-refractivity contribution is 0.0696. The first-order chi connectivity index (χ1) is 8.63. The Morgan fingerprint density at radius 1 is 1.33 bits per heavy atom. The van der Waals surface area contributed by atoms with Gasteiger partial charge in [-0.15, -0.1) is 0 Å². The predicted molar refractivity (Wildman–Crippen MR) is 72.3 cm³/mol. The normalized spacial score (nSPS) is 12.1. The molecule has 3 heteroatoms. The van der Waals surface area contributed by atoms with E-state index in [0.29, 0.717) is 5.75 Å². The van der Waals surface area contributed by atoms with Crippen LogP contribution in [-0.4, -0.2) is 17.2 Å². The van der Waals surface area contributed by atoms with Crippen molar-refractivity contribution in [3.8, 4) is 5.75 Å². The fourth-order valence-corrected chi connectivity index (χ4v) is 1.85. The maximum absolute atomic E-state index is 10.8. The summed E-state index contributed by atoms with van der Waals surface area (Å²) in [7, 11) is 0. The zero-order valence-electron chi connectivity index (χ0n) is 11.2. The molecule has 0 aliphatic heterocycles. The van der Waals surface area contributed by atoms with Crippen LogP contribution in [0.5, 0.6) is 5.75 Å². The molecule has 0 saturated carbocycles. The molecule has 1 atom stereocenters. The van der Waals surface area contributed by atoms with Crippen molar-refractivity contribution in [2.24, 2.45) is 0 Å². The Morgan fingerprint density at radius 2 is 2.11 bits per heavy atom. The summed E-state index contributed by atoms with van der Waals surface area (Å²) >= 11 is 0. The van der Waals surface area contributed by atoms with Gasteiger partial charge in [0, 0.05) is 0 Å². The molecule has 0 spiro atoms. The first-order valence-corrected chi connectivity index (χ1v) is 6.63. The summed E-state index contributed by atoms with van der Waals surface area (Å²) in [5, 5.41) is 8.89. The van der Waals surface area contributed by atoms with Crippen LogP contribution >= 0.6 is 0 Å². The van der Waals surface area contributed by atoms with E-state index in [1.165, 1.54) is 19.3 Å². The number of ether oxygens (including phenoxy) is 1. The highest BCUT2D eigenvalue weighted by molar-refractivity contribution is 5.87. The summed E-state index contributed by atoms with van der Waals surface area (Å²) < 4.78 is 5.72. The summed E-state index contributed by atoms with van der Waals surface area (Å²) in [5.74, 6) is -0.283. The van der Waals surface area contributed by atoms with E-state index in [4.69, 9.17) is 9.84 Å². The average Bonchev–Trinajstić information content (AvgIpc) is 2.35. The van der Waals surface area contributed by atoms with Gasteiger partial charge in [-0.3, -0.25) is 0 Å². The van der Waals surface area contributed by atoms with Gasteiger partial charge in [-0.1, -0.05) is 32.3 Å². The zero-order valence-corrected chi connectivity index (χ0v) is 11.2.